The predicted octanol–water partition coefficient (Wildman–Crippen LogP) is 3.12. The van der Waals surface area contributed by atoms with E-state index in [4.69, 9.17) is 9.47 Å². The van der Waals surface area contributed by atoms with Crippen molar-refractivity contribution < 1.29 is 14.3 Å². The topological polar surface area (TPSA) is 110 Å². The summed E-state index contributed by atoms with van der Waals surface area (Å²) >= 11 is 0. The highest BCUT2D eigenvalue weighted by molar-refractivity contribution is 5.96. The van der Waals surface area contributed by atoms with Crippen molar-refractivity contribution in [3.05, 3.63) is 53.5 Å². The van der Waals surface area contributed by atoms with Crippen LogP contribution in [0.5, 0.6) is 11.6 Å². The van der Waals surface area contributed by atoms with Gasteiger partial charge in [-0.25, -0.2) is 4.68 Å². The summed E-state index contributed by atoms with van der Waals surface area (Å²) in [5.74, 6) is 1.21. The van der Waals surface area contributed by atoms with Crippen molar-refractivity contribution in [2.24, 2.45) is 7.05 Å². The number of nitrogens with zero attached hydrogens (tertiary/aromatic N) is 5. The van der Waals surface area contributed by atoms with Gasteiger partial charge in [0.1, 0.15) is 5.75 Å². The minimum atomic E-state index is -0.0861. The number of likely N-dealkylation sites (tertiary alicyclic amines) is 1. The van der Waals surface area contributed by atoms with Crippen LogP contribution in [-0.2, 0) is 7.05 Å². The summed E-state index contributed by atoms with van der Waals surface area (Å²) in [6, 6.07) is 7.73. The fourth-order valence-corrected chi connectivity index (χ4v) is 4.82. The molecule has 1 atom stereocenters. The van der Waals surface area contributed by atoms with E-state index in [1.807, 2.05) is 43.5 Å². The molecule has 190 valence electrons. The van der Waals surface area contributed by atoms with Crippen molar-refractivity contribution in [2.45, 2.75) is 18.9 Å². The number of likely N-dealkylation sites (N-methyl/N-ethyl adjacent to an activating group) is 1. The molecule has 2 bridgehead atoms. The smallest absolute Gasteiger partial charge is 0.251 e. The van der Waals surface area contributed by atoms with Gasteiger partial charge in [-0.2, -0.15) is 10.2 Å². The van der Waals surface area contributed by atoms with Crippen LogP contribution in [0, 0.1) is 0 Å². The largest absolute Gasteiger partial charge is 0.493 e. The number of nitrogens with one attached hydrogen (secondary N) is 2. The lowest BCUT2D eigenvalue weighted by atomic mass is 10.1. The molecule has 5 heterocycles. The number of benzene rings is 1. The summed E-state index contributed by atoms with van der Waals surface area (Å²) in [7, 11) is 3.92. The third-order valence-corrected chi connectivity index (χ3v) is 6.85. The molecule has 37 heavy (non-hydrogen) atoms. The van der Waals surface area contributed by atoms with Crippen LogP contribution >= 0.6 is 0 Å². The molecule has 1 fully saturated rings. The van der Waals surface area contributed by atoms with E-state index in [2.05, 4.69) is 37.5 Å². The molecule has 10 heteroatoms. The number of fused-ring (bicyclic) bond motifs is 4. The second-order valence-corrected chi connectivity index (χ2v) is 9.57. The van der Waals surface area contributed by atoms with Gasteiger partial charge in [0.15, 0.2) is 0 Å². The van der Waals surface area contributed by atoms with Crippen LogP contribution in [0.2, 0.25) is 0 Å². The van der Waals surface area contributed by atoms with Crippen LogP contribution in [0.4, 0.5) is 0 Å². The van der Waals surface area contributed by atoms with Crippen LogP contribution < -0.4 is 14.8 Å². The Morgan fingerprint density at radius 3 is 2.89 bits per heavy atom. The molecule has 0 radical (unpaired) electrons. The molecule has 2 aliphatic rings. The maximum Gasteiger partial charge on any atom is 0.251 e. The first-order chi connectivity index (χ1) is 18.0. The van der Waals surface area contributed by atoms with Crippen molar-refractivity contribution in [2.75, 3.05) is 33.4 Å². The second-order valence-electron chi connectivity index (χ2n) is 9.57. The number of aromatic amines is 1. The highest BCUT2D eigenvalue weighted by Crippen LogP contribution is 2.31. The third kappa shape index (κ3) is 4.67. The fourth-order valence-electron chi connectivity index (χ4n) is 4.82. The molecule has 2 aliphatic heterocycles. The molecule has 1 amide bonds. The number of hydrogen-bond acceptors (Lipinski definition) is 7. The van der Waals surface area contributed by atoms with Gasteiger partial charge in [-0.3, -0.25) is 14.9 Å². The van der Waals surface area contributed by atoms with E-state index in [-0.39, 0.29) is 11.9 Å². The molecule has 0 spiro atoms. The molecular formula is C27H29N7O3. The second kappa shape index (κ2) is 9.70. The summed E-state index contributed by atoms with van der Waals surface area (Å²) in [5, 5.41) is 16.0. The number of hydrogen-bond donors (Lipinski definition) is 2. The number of carbonyl (C=O) groups is 1. The number of rotatable bonds is 2. The van der Waals surface area contributed by atoms with Gasteiger partial charge in [0.25, 0.3) is 5.91 Å². The number of aryl methyl sites for hydroxylation is 1. The van der Waals surface area contributed by atoms with Gasteiger partial charge in [0.05, 0.1) is 48.1 Å². The predicted molar refractivity (Wildman–Crippen MR) is 140 cm³/mol. The first-order valence-corrected chi connectivity index (χ1v) is 12.5. The van der Waals surface area contributed by atoms with E-state index in [1.54, 1.807) is 17.1 Å². The van der Waals surface area contributed by atoms with E-state index < -0.39 is 0 Å². The van der Waals surface area contributed by atoms with Crippen molar-refractivity contribution in [1.29, 1.82) is 0 Å². The lowest BCUT2D eigenvalue weighted by Crippen LogP contribution is -2.36. The monoisotopic (exact) mass is 499 g/mol. The van der Waals surface area contributed by atoms with Crippen molar-refractivity contribution in [3.63, 3.8) is 0 Å². The number of amides is 1. The van der Waals surface area contributed by atoms with Gasteiger partial charge in [-0.15, -0.1) is 0 Å². The molecular weight excluding hydrogens is 470 g/mol. The van der Waals surface area contributed by atoms with Crippen molar-refractivity contribution >= 4 is 29.0 Å². The zero-order valence-corrected chi connectivity index (χ0v) is 20.9. The van der Waals surface area contributed by atoms with E-state index >= 15 is 0 Å². The third-order valence-electron chi connectivity index (χ3n) is 6.85. The highest BCUT2D eigenvalue weighted by Gasteiger charge is 2.22. The van der Waals surface area contributed by atoms with Gasteiger partial charge >= 0.3 is 0 Å². The first kappa shape index (κ1) is 23.2. The standard InChI is InChI=1S/C27H29N7O3/c1-33-9-8-19(16-33)30-26(35)18-5-4-17-6-7-22-20-13-23(28-15-24(20)32-31-22)21-14-29-34(2)27(21)37-11-3-10-36-25(17)12-18/h4-7,12-15,19H,3,8-11,16H2,1-2H3,(H,30,35)(H,31,32)/b7-6+. The van der Waals surface area contributed by atoms with Gasteiger partial charge in [0.2, 0.25) is 5.88 Å². The normalized spacial score (nSPS) is 18.8. The Morgan fingerprint density at radius 1 is 1.14 bits per heavy atom. The number of ether oxygens (including phenoxy) is 2. The van der Waals surface area contributed by atoms with E-state index in [0.717, 1.165) is 52.9 Å². The summed E-state index contributed by atoms with van der Waals surface area (Å²) in [6.45, 7) is 2.74. The summed E-state index contributed by atoms with van der Waals surface area (Å²) in [5.41, 5.74) is 4.64. The molecule has 1 aromatic carbocycles. The lowest BCUT2D eigenvalue weighted by molar-refractivity contribution is 0.0938. The average molecular weight is 500 g/mol. The molecule has 6 rings (SSSR count). The molecule has 1 saturated heterocycles. The minimum absolute atomic E-state index is 0.0861. The maximum absolute atomic E-state index is 13.0. The van der Waals surface area contributed by atoms with E-state index in [1.165, 1.54) is 0 Å². The molecule has 4 aromatic rings. The van der Waals surface area contributed by atoms with Gasteiger partial charge in [0, 0.05) is 42.6 Å². The summed E-state index contributed by atoms with van der Waals surface area (Å²) in [4.78, 5) is 19.8. The minimum Gasteiger partial charge on any atom is -0.493 e. The van der Waals surface area contributed by atoms with Crippen LogP contribution in [0.1, 0.15) is 34.5 Å². The van der Waals surface area contributed by atoms with Crippen LogP contribution in [0.3, 0.4) is 0 Å². The molecule has 0 aliphatic carbocycles. The Bertz CT molecular complexity index is 1490. The van der Waals surface area contributed by atoms with Crippen LogP contribution in [-0.4, -0.2) is 75.2 Å². The van der Waals surface area contributed by atoms with Crippen molar-refractivity contribution in [3.8, 4) is 22.9 Å². The van der Waals surface area contributed by atoms with E-state index in [0.29, 0.717) is 36.8 Å². The Balaban J connectivity index is 1.34. The molecule has 2 N–H and O–H groups in total. The number of carbonyl (C=O) groups excluding carboxylic acids is 1. The van der Waals surface area contributed by atoms with Gasteiger partial charge < -0.3 is 19.7 Å². The van der Waals surface area contributed by atoms with Gasteiger partial charge in [-0.1, -0.05) is 6.07 Å². The molecule has 10 nitrogen and oxygen atoms in total. The summed E-state index contributed by atoms with van der Waals surface area (Å²) in [6.07, 6.45) is 9.06. The van der Waals surface area contributed by atoms with Crippen LogP contribution in [0.25, 0.3) is 34.3 Å². The Morgan fingerprint density at radius 2 is 2.03 bits per heavy atom. The number of aromatic nitrogens is 5. The van der Waals surface area contributed by atoms with E-state index in [9.17, 15) is 4.79 Å². The quantitative estimate of drug-likeness (QED) is 0.436. The maximum atomic E-state index is 13.0. The van der Waals surface area contributed by atoms with Crippen molar-refractivity contribution in [1.82, 2.24) is 35.2 Å². The number of H-pyrrole nitrogens is 1. The zero-order valence-electron chi connectivity index (χ0n) is 20.9. The Hall–Kier alpha value is -4.18. The molecule has 1 unspecified atom stereocenters. The van der Waals surface area contributed by atoms with Gasteiger partial charge in [-0.05, 0) is 50.4 Å². The first-order valence-electron chi connectivity index (χ1n) is 12.5. The molecule has 0 saturated carbocycles. The van der Waals surface area contributed by atoms with Crippen LogP contribution in [0.15, 0.2) is 36.7 Å². The SMILES string of the molecule is CN1CCC(NC(=O)c2ccc3c(c2)OCCCOc2c(cnn2C)-c2cc4c(n[nH]c4cn2)/C=C/3)C1. The summed E-state index contributed by atoms with van der Waals surface area (Å²) < 4.78 is 14.0. The molecule has 3 aromatic heterocycles. The fraction of sp³-hybridized carbons (Fsp3) is 0.333. The highest BCUT2D eigenvalue weighted by atomic mass is 16.5. The Labute approximate surface area is 214 Å². The lowest BCUT2D eigenvalue weighted by Gasteiger charge is -2.15. The zero-order chi connectivity index (χ0) is 25.4. The number of pyridine rings is 1. The Kier molecular flexibility index (Phi) is 6.09. The average Bonchev–Trinajstić information content (AvgIpc) is 3.60.